The summed E-state index contributed by atoms with van der Waals surface area (Å²) in [7, 11) is 0. The average Bonchev–Trinajstić information content (AvgIpc) is 2.27. The minimum Gasteiger partial charge on any atom is -0.477 e. The molecule has 0 aliphatic carbocycles. The van der Waals surface area contributed by atoms with E-state index in [1.165, 1.54) is 0 Å². The number of nitrogens with zero attached hydrogens (tertiary/aromatic N) is 2. The van der Waals surface area contributed by atoms with Crippen molar-refractivity contribution in [1.82, 2.24) is 9.97 Å². The van der Waals surface area contributed by atoms with E-state index in [9.17, 15) is 0 Å². The molecule has 3 nitrogen and oxygen atoms in total. The third-order valence-electron chi connectivity index (χ3n) is 2.41. The van der Waals surface area contributed by atoms with Gasteiger partial charge in [-0.05, 0) is 23.9 Å². The van der Waals surface area contributed by atoms with Crippen LogP contribution >= 0.6 is 34.8 Å². The summed E-state index contributed by atoms with van der Waals surface area (Å²) in [5.74, 6) is 0.403. The fourth-order valence-corrected chi connectivity index (χ4v) is 2.28. The summed E-state index contributed by atoms with van der Waals surface area (Å²) < 4.78 is 5.60. The van der Waals surface area contributed by atoms with Gasteiger partial charge in [0.05, 0.1) is 12.0 Å². The molecular formula is C12H11Cl3N2O. The highest BCUT2D eigenvalue weighted by atomic mass is 35.5. The summed E-state index contributed by atoms with van der Waals surface area (Å²) in [6.45, 7) is 2.65. The van der Waals surface area contributed by atoms with E-state index in [-0.39, 0.29) is 5.15 Å². The second-order valence-corrected chi connectivity index (χ2v) is 4.92. The fraction of sp³-hybridized carbons (Fsp3) is 0.333. The van der Waals surface area contributed by atoms with Crippen LogP contribution in [0.3, 0.4) is 0 Å². The number of pyridine rings is 2. The predicted molar refractivity (Wildman–Crippen MR) is 75.0 cm³/mol. The lowest BCUT2D eigenvalue weighted by Gasteiger charge is -2.09. The molecule has 96 valence electrons. The Morgan fingerprint density at radius 3 is 2.44 bits per heavy atom. The first kappa shape index (κ1) is 13.7. The van der Waals surface area contributed by atoms with Gasteiger partial charge in [0.1, 0.15) is 15.5 Å². The SMILES string of the molecule is CCCCOc1nc(Cl)cc2cc(Cl)nc(Cl)c12. The van der Waals surface area contributed by atoms with Gasteiger partial charge in [-0.1, -0.05) is 48.1 Å². The molecule has 0 aliphatic heterocycles. The van der Waals surface area contributed by atoms with Crippen LogP contribution in [0.25, 0.3) is 10.8 Å². The molecule has 0 aromatic carbocycles. The predicted octanol–water partition coefficient (Wildman–Crippen LogP) is 4.77. The van der Waals surface area contributed by atoms with Crippen LogP contribution in [0.15, 0.2) is 12.1 Å². The van der Waals surface area contributed by atoms with Crippen molar-refractivity contribution >= 4 is 45.6 Å². The van der Waals surface area contributed by atoms with Crippen molar-refractivity contribution in [1.29, 1.82) is 0 Å². The third-order valence-corrected chi connectivity index (χ3v) is 3.07. The van der Waals surface area contributed by atoms with Gasteiger partial charge in [-0.25, -0.2) is 9.97 Å². The van der Waals surface area contributed by atoms with E-state index < -0.39 is 0 Å². The van der Waals surface area contributed by atoms with E-state index in [4.69, 9.17) is 39.5 Å². The quantitative estimate of drug-likeness (QED) is 0.603. The molecule has 0 saturated heterocycles. The highest BCUT2D eigenvalue weighted by Gasteiger charge is 2.12. The van der Waals surface area contributed by atoms with Gasteiger partial charge in [-0.2, -0.15) is 0 Å². The van der Waals surface area contributed by atoms with Crippen molar-refractivity contribution in [3.05, 3.63) is 27.6 Å². The van der Waals surface area contributed by atoms with Crippen LogP contribution in [0.4, 0.5) is 0 Å². The zero-order chi connectivity index (χ0) is 13.1. The fourth-order valence-electron chi connectivity index (χ4n) is 1.56. The summed E-state index contributed by atoms with van der Waals surface area (Å²) >= 11 is 17.9. The highest BCUT2D eigenvalue weighted by molar-refractivity contribution is 6.37. The molecule has 0 radical (unpaired) electrons. The van der Waals surface area contributed by atoms with E-state index in [1.807, 2.05) is 0 Å². The number of aromatic nitrogens is 2. The Balaban J connectivity index is 2.50. The third kappa shape index (κ3) is 2.97. The maximum absolute atomic E-state index is 6.07. The molecule has 0 spiro atoms. The average molecular weight is 306 g/mol. The van der Waals surface area contributed by atoms with E-state index in [2.05, 4.69) is 16.9 Å². The number of unbranched alkanes of at least 4 members (excludes halogenated alkanes) is 1. The summed E-state index contributed by atoms with van der Waals surface area (Å²) in [5, 5.41) is 2.34. The molecule has 2 rings (SSSR count). The normalized spacial score (nSPS) is 10.9. The Bertz CT molecular complexity index is 569. The Morgan fingerprint density at radius 1 is 1.11 bits per heavy atom. The van der Waals surface area contributed by atoms with Crippen LogP contribution in [0.5, 0.6) is 5.88 Å². The summed E-state index contributed by atoms with van der Waals surface area (Å²) in [5.41, 5.74) is 0. The lowest BCUT2D eigenvalue weighted by molar-refractivity contribution is 0.302. The van der Waals surface area contributed by atoms with E-state index >= 15 is 0 Å². The maximum Gasteiger partial charge on any atom is 0.225 e. The van der Waals surface area contributed by atoms with E-state index in [0.717, 1.165) is 18.2 Å². The zero-order valence-electron chi connectivity index (χ0n) is 9.71. The number of ether oxygens (including phenoxy) is 1. The molecule has 0 aliphatic rings. The Hall–Kier alpha value is -0.770. The largest absolute Gasteiger partial charge is 0.477 e. The van der Waals surface area contributed by atoms with Crippen LogP contribution in [0.1, 0.15) is 19.8 Å². The summed E-state index contributed by atoms with van der Waals surface area (Å²) in [6.07, 6.45) is 1.98. The van der Waals surface area contributed by atoms with Gasteiger partial charge >= 0.3 is 0 Å². The molecular weight excluding hydrogens is 295 g/mol. The summed E-state index contributed by atoms with van der Waals surface area (Å²) in [6, 6.07) is 3.37. The lowest BCUT2D eigenvalue weighted by atomic mass is 10.2. The standard InChI is InChI=1S/C12H11Cl3N2O/c1-2-3-4-18-12-10-7(6-9(14)17-12)5-8(13)16-11(10)15/h5-6H,2-4H2,1H3. The lowest BCUT2D eigenvalue weighted by Crippen LogP contribution is -2.00. The minimum absolute atomic E-state index is 0.271. The van der Waals surface area contributed by atoms with Crippen molar-refractivity contribution in [3.63, 3.8) is 0 Å². The molecule has 0 amide bonds. The van der Waals surface area contributed by atoms with Gasteiger partial charge < -0.3 is 4.74 Å². The smallest absolute Gasteiger partial charge is 0.225 e. The number of fused-ring (bicyclic) bond motifs is 1. The monoisotopic (exact) mass is 304 g/mol. The first-order chi connectivity index (χ1) is 8.61. The molecule has 0 N–H and O–H groups in total. The van der Waals surface area contributed by atoms with Crippen molar-refractivity contribution in [2.75, 3.05) is 6.61 Å². The zero-order valence-corrected chi connectivity index (χ0v) is 12.0. The van der Waals surface area contributed by atoms with Crippen LogP contribution in [0, 0.1) is 0 Å². The molecule has 0 unspecified atom stereocenters. The van der Waals surface area contributed by atoms with E-state index in [1.54, 1.807) is 12.1 Å². The molecule has 18 heavy (non-hydrogen) atoms. The van der Waals surface area contributed by atoms with Crippen molar-refractivity contribution in [2.45, 2.75) is 19.8 Å². The number of rotatable bonds is 4. The van der Waals surface area contributed by atoms with Crippen LogP contribution in [-0.4, -0.2) is 16.6 Å². The topological polar surface area (TPSA) is 35.0 Å². The van der Waals surface area contributed by atoms with Crippen LogP contribution in [-0.2, 0) is 0 Å². The van der Waals surface area contributed by atoms with Gasteiger partial charge in [0.15, 0.2) is 0 Å². The van der Waals surface area contributed by atoms with Gasteiger partial charge in [-0.15, -0.1) is 0 Å². The van der Waals surface area contributed by atoms with E-state index in [0.29, 0.717) is 28.2 Å². The second kappa shape index (κ2) is 5.91. The second-order valence-electron chi connectivity index (χ2n) is 3.79. The Labute approximate surface area is 120 Å². The molecule has 2 aromatic heterocycles. The first-order valence-electron chi connectivity index (χ1n) is 5.57. The molecule has 6 heteroatoms. The van der Waals surface area contributed by atoms with Crippen molar-refractivity contribution in [2.24, 2.45) is 0 Å². The van der Waals surface area contributed by atoms with Crippen molar-refractivity contribution in [3.8, 4) is 5.88 Å². The molecule has 0 saturated carbocycles. The van der Waals surface area contributed by atoms with Gasteiger partial charge in [0, 0.05) is 0 Å². The number of hydrogen-bond acceptors (Lipinski definition) is 3. The summed E-state index contributed by atoms with van der Waals surface area (Å²) in [4.78, 5) is 8.13. The Kier molecular flexibility index (Phi) is 4.49. The molecule has 0 bridgehead atoms. The number of hydrogen-bond donors (Lipinski definition) is 0. The van der Waals surface area contributed by atoms with Crippen LogP contribution < -0.4 is 4.74 Å². The molecule has 0 atom stereocenters. The first-order valence-corrected chi connectivity index (χ1v) is 6.70. The number of halogens is 3. The molecule has 2 aromatic rings. The van der Waals surface area contributed by atoms with Crippen LogP contribution in [0.2, 0.25) is 15.5 Å². The van der Waals surface area contributed by atoms with Gasteiger partial charge in [0.25, 0.3) is 0 Å². The highest BCUT2D eigenvalue weighted by Crippen LogP contribution is 2.33. The molecule has 0 fully saturated rings. The van der Waals surface area contributed by atoms with Crippen molar-refractivity contribution < 1.29 is 4.74 Å². The Morgan fingerprint density at radius 2 is 1.78 bits per heavy atom. The van der Waals surface area contributed by atoms with Gasteiger partial charge in [0.2, 0.25) is 5.88 Å². The maximum atomic E-state index is 6.07. The minimum atomic E-state index is 0.271. The van der Waals surface area contributed by atoms with Gasteiger partial charge in [-0.3, -0.25) is 0 Å². The molecule has 2 heterocycles.